The highest BCUT2D eigenvalue weighted by Gasteiger charge is 2.24. The number of carboxylic acid groups (broad SMARTS) is 2. The van der Waals surface area contributed by atoms with E-state index >= 15 is 0 Å². The SMILES string of the molecule is CC(C)CCCCCC(=O)OCC1CO1.CC(C)CCCCCC(=O)OCC1CO1.O=C(O)c1cccc(C(=O)O)c1. The number of unbranched alkanes of at least 4 members (excludes halogenated alkanes) is 4. The molecule has 2 atom stereocenters. The zero-order chi connectivity index (χ0) is 31.3. The zero-order valence-electron chi connectivity index (χ0n) is 25.7. The van der Waals surface area contributed by atoms with Gasteiger partial charge in [0.1, 0.15) is 25.4 Å². The summed E-state index contributed by atoms with van der Waals surface area (Å²) in [6.07, 6.45) is 10.6. The Morgan fingerprint density at radius 2 is 1.10 bits per heavy atom. The highest BCUT2D eigenvalue weighted by molar-refractivity contribution is 5.93. The van der Waals surface area contributed by atoms with Crippen molar-refractivity contribution in [2.24, 2.45) is 11.8 Å². The number of ether oxygens (including phenoxy) is 4. The van der Waals surface area contributed by atoms with Gasteiger partial charge in [0.25, 0.3) is 0 Å². The van der Waals surface area contributed by atoms with Crippen molar-refractivity contribution in [2.45, 2.75) is 104 Å². The molecule has 10 heteroatoms. The van der Waals surface area contributed by atoms with Crippen molar-refractivity contribution >= 4 is 23.9 Å². The van der Waals surface area contributed by atoms with Crippen LogP contribution in [0.4, 0.5) is 0 Å². The smallest absolute Gasteiger partial charge is 0.335 e. The molecule has 3 rings (SSSR count). The molecule has 2 heterocycles. The Balaban J connectivity index is 0.000000317. The van der Waals surface area contributed by atoms with E-state index in [1.165, 1.54) is 43.9 Å². The van der Waals surface area contributed by atoms with Gasteiger partial charge in [-0.2, -0.15) is 0 Å². The van der Waals surface area contributed by atoms with Crippen LogP contribution in [0.3, 0.4) is 0 Å². The molecular formula is C32H50O10. The van der Waals surface area contributed by atoms with Crippen LogP contribution in [0.25, 0.3) is 0 Å². The number of carbonyl (C=O) groups is 4. The van der Waals surface area contributed by atoms with Gasteiger partial charge in [-0.1, -0.05) is 72.3 Å². The Bertz CT molecular complexity index is 864. The van der Waals surface area contributed by atoms with Gasteiger partial charge in [0.05, 0.1) is 24.3 Å². The topological polar surface area (TPSA) is 152 Å². The predicted molar refractivity (Wildman–Crippen MR) is 158 cm³/mol. The summed E-state index contributed by atoms with van der Waals surface area (Å²) in [5.41, 5.74) is -0.0372. The molecule has 238 valence electrons. The first kappa shape index (κ1) is 37.0. The molecule has 2 unspecified atom stereocenters. The maximum absolute atomic E-state index is 11.2. The van der Waals surface area contributed by atoms with E-state index in [0.29, 0.717) is 26.1 Å². The molecule has 0 amide bonds. The van der Waals surface area contributed by atoms with Crippen LogP contribution in [-0.4, -0.2) is 72.7 Å². The third kappa shape index (κ3) is 21.7. The van der Waals surface area contributed by atoms with Crippen molar-refractivity contribution < 1.29 is 48.3 Å². The molecule has 2 aliphatic heterocycles. The average molecular weight is 595 g/mol. The summed E-state index contributed by atoms with van der Waals surface area (Å²) in [6.45, 7) is 11.3. The van der Waals surface area contributed by atoms with Gasteiger partial charge in [0.15, 0.2) is 0 Å². The van der Waals surface area contributed by atoms with Crippen molar-refractivity contribution in [3.05, 3.63) is 35.4 Å². The summed E-state index contributed by atoms with van der Waals surface area (Å²) in [5, 5.41) is 17.0. The van der Waals surface area contributed by atoms with Crippen molar-refractivity contribution in [2.75, 3.05) is 26.4 Å². The van der Waals surface area contributed by atoms with Crippen molar-refractivity contribution in [3.63, 3.8) is 0 Å². The molecule has 0 aromatic heterocycles. The van der Waals surface area contributed by atoms with E-state index in [0.717, 1.165) is 56.8 Å². The summed E-state index contributed by atoms with van der Waals surface area (Å²) in [6, 6.07) is 5.20. The van der Waals surface area contributed by atoms with Crippen LogP contribution < -0.4 is 0 Å². The maximum atomic E-state index is 11.2. The molecule has 2 N–H and O–H groups in total. The Hall–Kier alpha value is -2.98. The Morgan fingerprint density at radius 1 is 0.714 bits per heavy atom. The summed E-state index contributed by atoms with van der Waals surface area (Å²) in [5.74, 6) is -0.866. The monoisotopic (exact) mass is 594 g/mol. The van der Waals surface area contributed by atoms with Gasteiger partial charge in [-0.05, 0) is 42.9 Å². The van der Waals surface area contributed by atoms with Crippen molar-refractivity contribution in [3.8, 4) is 0 Å². The van der Waals surface area contributed by atoms with Crippen LogP contribution in [0.15, 0.2) is 24.3 Å². The molecular weight excluding hydrogens is 544 g/mol. The highest BCUT2D eigenvalue weighted by atomic mass is 16.6. The first-order valence-electron chi connectivity index (χ1n) is 15.1. The van der Waals surface area contributed by atoms with Crippen LogP contribution >= 0.6 is 0 Å². The van der Waals surface area contributed by atoms with Crippen molar-refractivity contribution in [1.29, 1.82) is 0 Å². The molecule has 0 radical (unpaired) electrons. The highest BCUT2D eigenvalue weighted by Crippen LogP contribution is 2.13. The van der Waals surface area contributed by atoms with Crippen LogP contribution in [0.1, 0.15) is 113 Å². The van der Waals surface area contributed by atoms with E-state index in [1.807, 2.05) is 0 Å². The number of carbonyl (C=O) groups excluding carboxylic acids is 2. The number of hydrogen-bond acceptors (Lipinski definition) is 8. The van der Waals surface area contributed by atoms with Crippen LogP contribution in [0.5, 0.6) is 0 Å². The number of hydrogen-bond donors (Lipinski definition) is 2. The van der Waals surface area contributed by atoms with E-state index in [2.05, 4.69) is 27.7 Å². The number of esters is 2. The van der Waals surface area contributed by atoms with E-state index < -0.39 is 11.9 Å². The van der Waals surface area contributed by atoms with Gasteiger partial charge in [-0.15, -0.1) is 0 Å². The minimum absolute atomic E-state index is 0.0186. The molecule has 0 bridgehead atoms. The van der Waals surface area contributed by atoms with Gasteiger partial charge < -0.3 is 29.2 Å². The zero-order valence-corrected chi connectivity index (χ0v) is 25.7. The Morgan fingerprint density at radius 3 is 1.40 bits per heavy atom. The van der Waals surface area contributed by atoms with Crippen LogP contribution in [0, 0.1) is 11.8 Å². The second-order valence-electron chi connectivity index (χ2n) is 11.5. The van der Waals surface area contributed by atoms with Gasteiger partial charge in [0.2, 0.25) is 0 Å². The predicted octanol–water partition coefficient (Wildman–Crippen LogP) is 6.15. The fourth-order valence-corrected chi connectivity index (χ4v) is 3.63. The van der Waals surface area contributed by atoms with E-state index in [9.17, 15) is 19.2 Å². The molecule has 0 saturated carbocycles. The number of carboxylic acids is 2. The minimum atomic E-state index is -1.13. The molecule has 42 heavy (non-hydrogen) atoms. The van der Waals surface area contributed by atoms with Crippen LogP contribution in [0.2, 0.25) is 0 Å². The normalized spacial score (nSPS) is 16.4. The summed E-state index contributed by atoms with van der Waals surface area (Å²) >= 11 is 0. The minimum Gasteiger partial charge on any atom is -0.478 e. The maximum Gasteiger partial charge on any atom is 0.335 e. The first-order valence-corrected chi connectivity index (χ1v) is 15.1. The first-order chi connectivity index (χ1) is 20.0. The van der Waals surface area contributed by atoms with Gasteiger partial charge in [-0.25, -0.2) is 9.59 Å². The quantitative estimate of drug-likeness (QED) is 0.115. The summed E-state index contributed by atoms with van der Waals surface area (Å²) < 4.78 is 20.0. The molecule has 0 aliphatic carbocycles. The summed E-state index contributed by atoms with van der Waals surface area (Å²) in [7, 11) is 0. The van der Waals surface area contributed by atoms with E-state index in [-0.39, 0.29) is 35.3 Å². The number of rotatable bonds is 18. The average Bonchev–Trinajstić information content (AvgIpc) is 3.86. The fourth-order valence-electron chi connectivity index (χ4n) is 3.63. The standard InChI is InChI=1S/2C12H22O3.C8H6O4/c2*1-10(2)6-4-3-5-7-12(13)15-9-11-8-14-11;9-7(10)5-2-1-3-6(4-5)8(11)12/h2*10-11H,3-9H2,1-2H3;1-4H,(H,9,10)(H,11,12). The second-order valence-corrected chi connectivity index (χ2v) is 11.5. The molecule has 1 aromatic rings. The third-order valence-electron chi connectivity index (χ3n) is 6.35. The molecule has 2 aliphatic rings. The summed E-state index contributed by atoms with van der Waals surface area (Å²) in [4.78, 5) is 43.2. The number of epoxide rings is 2. The lowest BCUT2D eigenvalue weighted by molar-refractivity contribution is -0.145. The molecule has 2 fully saturated rings. The Kier molecular flexibility index (Phi) is 19.1. The van der Waals surface area contributed by atoms with Gasteiger partial charge >= 0.3 is 23.9 Å². The van der Waals surface area contributed by atoms with Crippen LogP contribution in [-0.2, 0) is 28.5 Å². The molecule has 2 saturated heterocycles. The third-order valence-corrected chi connectivity index (χ3v) is 6.35. The van der Waals surface area contributed by atoms with Gasteiger partial charge in [-0.3, -0.25) is 9.59 Å². The number of aromatic carboxylic acids is 2. The lowest BCUT2D eigenvalue weighted by Crippen LogP contribution is -2.09. The van der Waals surface area contributed by atoms with Crippen molar-refractivity contribution in [1.82, 2.24) is 0 Å². The van der Waals surface area contributed by atoms with E-state index in [4.69, 9.17) is 29.2 Å². The number of benzene rings is 1. The lowest BCUT2D eigenvalue weighted by atomic mass is 10.0. The molecule has 10 nitrogen and oxygen atoms in total. The lowest BCUT2D eigenvalue weighted by Gasteiger charge is -2.04. The molecule has 0 spiro atoms. The molecule has 1 aromatic carbocycles. The largest absolute Gasteiger partial charge is 0.478 e. The fraction of sp³-hybridized carbons (Fsp3) is 0.688. The van der Waals surface area contributed by atoms with Gasteiger partial charge in [0, 0.05) is 12.8 Å². The Labute approximate surface area is 250 Å². The second kappa shape index (κ2) is 21.7. The van der Waals surface area contributed by atoms with E-state index in [1.54, 1.807) is 0 Å².